The minimum atomic E-state index is -0.693. The molecule has 0 radical (unpaired) electrons. The van der Waals surface area contributed by atoms with E-state index in [0.29, 0.717) is 5.56 Å². The van der Waals surface area contributed by atoms with E-state index in [1.165, 1.54) is 6.21 Å². The van der Waals surface area contributed by atoms with Gasteiger partial charge in [0.25, 0.3) is 5.91 Å². The number of aliphatic imine (C=N–C) groups is 1. The van der Waals surface area contributed by atoms with Crippen LogP contribution in [0.2, 0.25) is 0 Å². The van der Waals surface area contributed by atoms with E-state index in [-0.39, 0.29) is 12.3 Å². The molecule has 3 amide bonds. The van der Waals surface area contributed by atoms with Crippen LogP contribution in [0.25, 0.3) is 10.8 Å². The molecule has 0 saturated carbocycles. The average molecular weight is 283 g/mol. The third-order valence-corrected chi connectivity index (χ3v) is 3.33. The molecule has 0 bridgehead atoms. The Kier molecular flexibility index (Phi) is 3.27. The Labute approximate surface area is 120 Å². The van der Waals surface area contributed by atoms with Crippen molar-refractivity contribution in [2.45, 2.75) is 6.04 Å². The lowest BCUT2D eigenvalue weighted by Gasteiger charge is -2.18. The van der Waals surface area contributed by atoms with Crippen LogP contribution in [0.15, 0.2) is 41.4 Å². The third-order valence-electron chi connectivity index (χ3n) is 3.33. The standard InChI is InChI=1S/C15H13N3O3/c19-13-6-5-9-3-1-2-4-10(9)11(13)7-16-12-8-17-15(21)18-14(12)20/h1-7,12,19H,8H2,(H2,17,18,20,21). The number of phenolic OH excluding ortho intramolecular Hbond substituents is 1. The molecular weight excluding hydrogens is 270 g/mol. The van der Waals surface area contributed by atoms with Crippen LogP contribution in [0.4, 0.5) is 4.79 Å². The number of aromatic hydroxyl groups is 1. The number of urea groups is 1. The van der Waals surface area contributed by atoms with Crippen molar-refractivity contribution in [2.24, 2.45) is 4.99 Å². The van der Waals surface area contributed by atoms with Gasteiger partial charge in [0, 0.05) is 11.8 Å². The van der Waals surface area contributed by atoms with Crippen LogP contribution in [0.5, 0.6) is 5.75 Å². The van der Waals surface area contributed by atoms with Crippen molar-refractivity contribution in [1.29, 1.82) is 0 Å². The molecule has 3 rings (SSSR count). The van der Waals surface area contributed by atoms with Gasteiger partial charge in [0.1, 0.15) is 11.8 Å². The molecule has 1 saturated heterocycles. The summed E-state index contributed by atoms with van der Waals surface area (Å²) in [7, 11) is 0. The van der Waals surface area contributed by atoms with E-state index in [9.17, 15) is 14.7 Å². The number of rotatable bonds is 2. The number of benzene rings is 2. The van der Waals surface area contributed by atoms with Crippen LogP contribution in [-0.4, -0.2) is 35.8 Å². The molecule has 106 valence electrons. The lowest BCUT2D eigenvalue weighted by molar-refractivity contribution is -0.121. The zero-order valence-electron chi connectivity index (χ0n) is 11.0. The van der Waals surface area contributed by atoms with Crippen molar-refractivity contribution < 1.29 is 14.7 Å². The summed E-state index contributed by atoms with van der Waals surface area (Å²) in [6.45, 7) is 0.146. The first-order valence-corrected chi connectivity index (χ1v) is 6.48. The van der Waals surface area contributed by atoms with E-state index in [4.69, 9.17) is 0 Å². The Morgan fingerprint density at radius 3 is 2.81 bits per heavy atom. The molecule has 1 aliphatic rings. The molecule has 1 unspecified atom stereocenters. The van der Waals surface area contributed by atoms with Crippen LogP contribution < -0.4 is 10.6 Å². The summed E-state index contributed by atoms with van der Waals surface area (Å²) in [5.41, 5.74) is 0.554. The predicted octanol–water partition coefficient (Wildman–Crippen LogP) is 1.17. The molecule has 21 heavy (non-hydrogen) atoms. The summed E-state index contributed by atoms with van der Waals surface area (Å²) in [5.74, 6) is -0.354. The van der Waals surface area contributed by atoms with E-state index in [1.54, 1.807) is 6.07 Å². The zero-order valence-corrected chi connectivity index (χ0v) is 11.0. The number of phenols is 1. The number of amides is 3. The summed E-state index contributed by atoms with van der Waals surface area (Å²) in [5, 5.41) is 16.5. The first-order valence-electron chi connectivity index (χ1n) is 6.48. The summed E-state index contributed by atoms with van der Waals surface area (Å²) < 4.78 is 0. The second-order valence-electron chi connectivity index (χ2n) is 4.71. The van der Waals surface area contributed by atoms with E-state index in [1.807, 2.05) is 30.3 Å². The summed E-state index contributed by atoms with van der Waals surface area (Å²) >= 11 is 0. The molecule has 6 nitrogen and oxygen atoms in total. The van der Waals surface area contributed by atoms with Crippen LogP contribution >= 0.6 is 0 Å². The first-order chi connectivity index (χ1) is 10.1. The Balaban J connectivity index is 1.94. The number of carbonyl (C=O) groups is 2. The largest absolute Gasteiger partial charge is 0.507 e. The lowest BCUT2D eigenvalue weighted by atomic mass is 10.0. The highest BCUT2D eigenvalue weighted by Gasteiger charge is 2.24. The molecule has 0 aliphatic carbocycles. The molecule has 1 fully saturated rings. The number of hydrogen-bond donors (Lipinski definition) is 3. The molecule has 0 aromatic heterocycles. The number of nitrogens with one attached hydrogen (secondary N) is 2. The van der Waals surface area contributed by atoms with E-state index in [2.05, 4.69) is 15.6 Å². The van der Waals surface area contributed by atoms with Gasteiger partial charge in [-0.25, -0.2) is 4.79 Å². The van der Waals surface area contributed by atoms with Gasteiger partial charge in [0.15, 0.2) is 0 Å². The van der Waals surface area contributed by atoms with Crippen molar-refractivity contribution in [3.05, 3.63) is 42.0 Å². The quantitative estimate of drug-likeness (QED) is 0.723. The Hall–Kier alpha value is -2.89. The van der Waals surface area contributed by atoms with Crippen molar-refractivity contribution in [3.63, 3.8) is 0 Å². The van der Waals surface area contributed by atoms with Gasteiger partial charge in [-0.1, -0.05) is 30.3 Å². The van der Waals surface area contributed by atoms with Gasteiger partial charge < -0.3 is 10.4 Å². The van der Waals surface area contributed by atoms with Crippen molar-refractivity contribution >= 4 is 28.9 Å². The Bertz CT molecular complexity index is 755. The maximum absolute atomic E-state index is 11.6. The summed E-state index contributed by atoms with van der Waals surface area (Å²) in [4.78, 5) is 26.8. The van der Waals surface area contributed by atoms with Crippen LogP contribution in [0.1, 0.15) is 5.56 Å². The predicted molar refractivity (Wildman–Crippen MR) is 78.5 cm³/mol. The van der Waals surface area contributed by atoms with Gasteiger partial charge >= 0.3 is 6.03 Å². The van der Waals surface area contributed by atoms with Gasteiger partial charge in [0.2, 0.25) is 0 Å². The van der Waals surface area contributed by atoms with E-state index in [0.717, 1.165) is 10.8 Å². The van der Waals surface area contributed by atoms with Crippen molar-refractivity contribution in [2.75, 3.05) is 6.54 Å². The number of carbonyl (C=O) groups excluding carboxylic acids is 2. The second-order valence-corrected chi connectivity index (χ2v) is 4.71. The van der Waals surface area contributed by atoms with Crippen LogP contribution in [-0.2, 0) is 4.79 Å². The molecule has 2 aromatic rings. The highest BCUT2D eigenvalue weighted by molar-refractivity contribution is 6.04. The highest BCUT2D eigenvalue weighted by atomic mass is 16.3. The number of nitrogens with zero attached hydrogens (tertiary/aromatic N) is 1. The second kappa shape index (κ2) is 5.24. The normalized spacial score (nSPS) is 18.8. The third kappa shape index (κ3) is 2.55. The van der Waals surface area contributed by atoms with E-state index < -0.39 is 18.0 Å². The van der Waals surface area contributed by atoms with Crippen LogP contribution in [0.3, 0.4) is 0 Å². The molecule has 1 heterocycles. The molecule has 6 heteroatoms. The first kappa shape index (κ1) is 13.1. The zero-order chi connectivity index (χ0) is 14.8. The minimum Gasteiger partial charge on any atom is -0.507 e. The van der Waals surface area contributed by atoms with Crippen LogP contribution in [0, 0.1) is 0 Å². The maximum atomic E-state index is 11.6. The smallest absolute Gasteiger partial charge is 0.321 e. The molecule has 2 aromatic carbocycles. The fourth-order valence-corrected chi connectivity index (χ4v) is 2.23. The molecule has 1 atom stereocenters. The molecular formula is C15H13N3O3. The van der Waals surface area contributed by atoms with Gasteiger partial charge in [-0.15, -0.1) is 0 Å². The summed E-state index contributed by atoms with van der Waals surface area (Å²) in [6.07, 6.45) is 1.47. The number of fused-ring (bicyclic) bond motifs is 1. The molecule has 0 spiro atoms. The SMILES string of the molecule is O=C1NCC(N=Cc2c(O)ccc3ccccc23)C(=O)N1. The number of imide groups is 1. The van der Waals surface area contributed by atoms with E-state index >= 15 is 0 Å². The minimum absolute atomic E-state index is 0.0951. The monoisotopic (exact) mass is 283 g/mol. The van der Waals surface area contributed by atoms with Gasteiger partial charge in [-0.2, -0.15) is 0 Å². The Morgan fingerprint density at radius 2 is 2.00 bits per heavy atom. The topological polar surface area (TPSA) is 90.8 Å². The van der Waals surface area contributed by atoms with Crippen molar-refractivity contribution in [1.82, 2.24) is 10.6 Å². The Morgan fingerprint density at radius 1 is 1.19 bits per heavy atom. The highest BCUT2D eigenvalue weighted by Crippen LogP contribution is 2.25. The average Bonchev–Trinajstić information content (AvgIpc) is 2.48. The lowest BCUT2D eigenvalue weighted by Crippen LogP contribution is -2.54. The van der Waals surface area contributed by atoms with Gasteiger partial charge in [-0.05, 0) is 16.8 Å². The maximum Gasteiger partial charge on any atom is 0.321 e. The van der Waals surface area contributed by atoms with Crippen molar-refractivity contribution in [3.8, 4) is 5.75 Å². The fourth-order valence-electron chi connectivity index (χ4n) is 2.23. The fraction of sp³-hybridized carbons (Fsp3) is 0.133. The molecule has 3 N–H and O–H groups in total. The van der Waals surface area contributed by atoms with Gasteiger partial charge in [0.05, 0.1) is 6.54 Å². The van der Waals surface area contributed by atoms with Gasteiger partial charge in [-0.3, -0.25) is 15.1 Å². The molecule has 1 aliphatic heterocycles. The number of hydrogen-bond acceptors (Lipinski definition) is 4. The summed E-state index contributed by atoms with van der Waals surface area (Å²) in [6, 6.07) is 9.78.